The molecule has 1 aliphatic heterocycles. The number of rotatable bonds is 5. The highest BCUT2D eigenvalue weighted by Crippen LogP contribution is 2.23. The van der Waals surface area contributed by atoms with E-state index >= 15 is 0 Å². The van der Waals surface area contributed by atoms with Gasteiger partial charge in [0.25, 0.3) is 5.95 Å². The van der Waals surface area contributed by atoms with Gasteiger partial charge in [0.2, 0.25) is 0 Å². The number of nitrogens with one attached hydrogen (secondary N) is 1. The summed E-state index contributed by atoms with van der Waals surface area (Å²) < 4.78 is 24.8. The summed E-state index contributed by atoms with van der Waals surface area (Å²) in [7, 11) is 1.71. The number of aromatic nitrogens is 1. The lowest BCUT2D eigenvalue weighted by Crippen LogP contribution is -2.28. The number of pyridine rings is 1. The van der Waals surface area contributed by atoms with Crippen molar-refractivity contribution >= 4 is 22.6 Å². The molecule has 2 atom stereocenters. The summed E-state index contributed by atoms with van der Waals surface area (Å²) in [5.74, 6) is 0.213. The Hall–Kier alpha value is -0.470. The zero-order valence-electron chi connectivity index (χ0n) is 10.2. The summed E-state index contributed by atoms with van der Waals surface area (Å²) in [5, 5.41) is 3.35. The van der Waals surface area contributed by atoms with Crippen LogP contribution in [0.4, 0.5) is 4.39 Å². The number of methoxy groups -OCH3 is 1. The molecule has 0 aromatic carbocycles. The number of nitrogens with zero attached hydrogens (tertiary/aromatic N) is 1. The molecule has 2 rings (SSSR count). The zero-order chi connectivity index (χ0) is 13.0. The van der Waals surface area contributed by atoms with Gasteiger partial charge in [0.15, 0.2) is 5.75 Å². The predicted molar refractivity (Wildman–Crippen MR) is 74.2 cm³/mol. The first-order valence-corrected chi connectivity index (χ1v) is 6.93. The van der Waals surface area contributed by atoms with Crippen LogP contribution in [0.2, 0.25) is 0 Å². The number of halogens is 2. The van der Waals surface area contributed by atoms with E-state index in [0.717, 1.165) is 23.1 Å². The minimum atomic E-state index is -0.548. The van der Waals surface area contributed by atoms with Crippen LogP contribution in [-0.4, -0.2) is 37.9 Å². The van der Waals surface area contributed by atoms with Crippen molar-refractivity contribution in [1.29, 1.82) is 0 Å². The summed E-state index contributed by atoms with van der Waals surface area (Å²) in [4.78, 5) is 3.59. The summed E-state index contributed by atoms with van der Waals surface area (Å²) in [6.07, 6.45) is 2.43. The fourth-order valence-corrected chi connectivity index (χ4v) is 2.64. The van der Waals surface area contributed by atoms with Crippen LogP contribution in [0.3, 0.4) is 0 Å². The molecule has 0 amide bonds. The van der Waals surface area contributed by atoms with Gasteiger partial charge in [-0.1, -0.05) is 0 Å². The lowest BCUT2D eigenvalue weighted by molar-refractivity contribution is 0.157. The van der Waals surface area contributed by atoms with Crippen molar-refractivity contribution in [2.24, 2.45) is 5.92 Å². The Labute approximate surface area is 119 Å². The minimum Gasteiger partial charge on any atom is -0.486 e. The number of hydrogen-bond acceptors (Lipinski definition) is 4. The minimum absolute atomic E-state index is 0.245. The first-order chi connectivity index (χ1) is 8.70. The number of ether oxygens (including phenoxy) is 2. The smallest absolute Gasteiger partial charge is 0.256 e. The Morgan fingerprint density at radius 3 is 3.11 bits per heavy atom. The van der Waals surface area contributed by atoms with Gasteiger partial charge >= 0.3 is 0 Å². The molecule has 0 unspecified atom stereocenters. The second kappa shape index (κ2) is 6.63. The van der Waals surface area contributed by atoms with E-state index in [4.69, 9.17) is 9.47 Å². The van der Waals surface area contributed by atoms with E-state index in [1.807, 2.05) is 22.6 Å². The molecule has 6 heteroatoms. The van der Waals surface area contributed by atoms with Gasteiger partial charge in [-0.25, -0.2) is 4.98 Å². The maximum atomic E-state index is 13.4. The first-order valence-electron chi connectivity index (χ1n) is 5.85. The third-order valence-corrected chi connectivity index (χ3v) is 3.81. The fourth-order valence-electron chi connectivity index (χ4n) is 2.11. The average molecular weight is 366 g/mol. The molecular formula is C12H16FIN2O2. The monoisotopic (exact) mass is 366 g/mol. The third kappa shape index (κ3) is 3.52. The van der Waals surface area contributed by atoms with Crippen LogP contribution < -0.4 is 10.1 Å². The second-order valence-electron chi connectivity index (χ2n) is 4.39. The summed E-state index contributed by atoms with van der Waals surface area (Å²) in [5.41, 5.74) is 0. The predicted octanol–water partition coefficient (Wildman–Crippen LogP) is 1.83. The van der Waals surface area contributed by atoms with E-state index in [1.54, 1.807) is 13.2 Å². The lowest BCUT2D eigenvalue weighted by atomic mass is 10.1. The van der Waals surface area contributed by atoms with Crippen LogP contribution in [-0.2, 0) is 4.74 Å². The van der Waals surface area contributed by atoms with Crippen LogP contribution in [0.15, 0.2) is 12.3 Å². The van der Waals surface area contributed by atoms with Crippen molar-refractivity contribution in [3.8, 4) is 5.75 Å². The van der Waals surface area contributed by atoms with Crippen molar-refractivity contribution in [3.05, 3.63) is 21.8 Å². The molecular weight excluding hydrogens is 350 g/mol. The van der Waals surface area contributed by atoms with Crippen molar-refractivity contribution in [2.75, 3.05) is 26.9 Å². The van der Waals surface area contributed by atoms with Gasteiger partial charge in [-0.05, 0) is 41.0 Å². The van der Waals surface area contributed by atoms with Gasteiger partial charge in [0.1, 0.15) is 6.61 Å². The van der Waals surface area contributed by atoms with E-state index in [-0.39, 0.29) is 11.8 Å². The molecule has 1 aliphatic rings. The molecule has 0 saturated carbocycles. The Bertz CT molecular complexity index is 385. The molecule has 100 valence electrons. The average Bonchev–Trinajstić information content (AvgIpc) is 2.77. The molecule has 18 heavy (non-hydrogen) atoms. The quantitative estimate of drug-likeness (QED) is 0.638. The Balaban J connectivity index is 1.85. The van der Waals surface area contributed by atoms with E-state index in [9.17, 15) is 4.39 Å². The maximum absolute atomic E-state index is 13.4. The van der Waals surface area contributed by atoms with Gasteiger partial charge in [-0.2, -0.15) is 4.39 Å². The molecule has 0 bridgehead atoms. The third-order valence-electron chi connectivity index (χ3n) is 2.96. The Kier molecular flexibility index (Phi) is 5.13. The molecule has 1 aromatic rings. The van der Waals surface area contributed by atoms with E-state index in [2.05, 4.69) is 10.3 Å². The number of hydrogen-bond donors (Lipinski definition) is 1. The van der Waals surface area contributed by atoms with Gasteiger partial charge in [-0.15, -0.1) is 0 Å². The fraction of sp³-hybridized carbons (Fsp3) is 0.583. The highest BCUT2D eigenvalue weighted by atomic mass is 127. The normalized spacial score (nSPS) is 23.3. The molecule has 1 fully saturated rings. The van der Waals surface area contributed by atoms with Crippen LogP contribution in [0.1, 0.15) is 6.42 Å². The van der Waals surface area contributed by atoms with Crippen molar-refractivity contribution in [1.82, 2.24) is 10.3 Å². The summed E-state index contributed by atoms with van der Waals surface area (Å²) >= 11 is 2.04. The van der Waals surface area contributed by atoms with Crippen LogP contribution >= 0.6 is 22.6 Å². The van der Waals surface area contributed by atoms with Crippen molar-refractivity contribution < 1.29 is 13.9 Å². The van der Waals surface area contributed by atoms with Crippen molar-refractivity contribution in [2.45, 2.75) is 12.5 Å². The Morgan fingerprint density at radius 2 is 2.39 bits per heavy atom. The van der Waals surface area contributed by atoms with E-state index in [0.29, 0.717) is 12.5 Å². The van der Waals surface area contributed by atoms with Crippen LogP contribution in [0, 0.1) is 15.4 Å². The molecule has 4 nitrogen and oxygen atoms in total. The highest BCUT2D eigenvalue weighted by Gasteiger charge is 2.25. The van der Waals surface area contributed by atoms with E-state index < -0.39 is 5.95 Å². The Morgan fingerprint density at radius 1 is 1.56 bits per heavy atom. The second-order valence-corrected chi connectivity index (χ2v) is 5.55. The maximum Gasteiger partial charge on any atom is 0.256 e. The van der Waals surface area contributed by atoms with Crippen LogP contribution in [0.5, 0.6) is 5.75 Å². The van der Waals surface area contributed by atoms with Crippen molar-refractivity contribution in [3.63, 3.8) is 0 Å². The van der Waals surface area contributed by atoms with E-state index in [1.165, 1.54) is 6.20 Å². The molecule has 0 radical (unpaired) electrons. The molecule has 1 N–H and O–H groups in total. The lowest BCUT2D eigenvalue weighted by Gasteiger charge is -2.13. The van der Waals surface area contributed by atoms with Gasteiger partial charge in [0.05, 0.1) is 10.2 Å². The van der Waals surface area contributed by atoms with Gasteiger partial charge in [-0.3, -0.25) is 0 Å². The highest BCUT2D eigenvalue weighted by molar-refractivity contribution is 14.1. The molecule has 0 aliphatic carbocycles. The largest absolute Gasteiger partial charge is 0.486 e. The topological polar surface area (TPSA) is 43.4 Å². The van der Waals surface area contributed by atoms with Gasteiger partial charge in [0, 0.05) is 25.9 Å². The standard InChI is InChI=1S/C12H16FIN2O2/c1-17-6-8-4-9(16-5-8)7-18-11-10(14)2-3-15-12(11)13/h2-3,8-9,16H,4-7H2,1H3/t8-,9-/m0/s1. The molecule has 1 aromatic heterocycles. The van der Waals surface area contributed by atoms with Crippen LogP contribution in [0.25, 0.3) is 0 Å². The zero-order valence-corrected chi connectivity index (χ0v) is 12.3. The summed E-state index contributed by atoms with van der Waals surface area (Å²) in [6.45, 7) is 2.13. The summed E-state index contributed by atoms with van der Waals surface area (Å²) in [6, 6.07) is 1.98. The van der Waals surface area contributed by atoms with Gasteiger partial charge < -0.3 is 14.8 Å². The molecule has 2 heterocycles. The SMILES string of the molecule is COC[C@@H]1CN[C@H](COc2c(I)ccnc2F)C1. The molecule has 1 saturated heterocycles. The first kappa shape index (κ1) is 14.0. The molecule has 0 spiro atoms.